The minimum Gasteiger partial charge on any atom is -0.392 e. The highest BCUT2D eigenvalue weighted by molar-refractivity contribution is 5.95. The maximum Gasteiger partial charge on any atom is 0.156 e. The van der Waals surface area contributed by atoms with E-state index in [0.29, 0.717) is 24.7 Å². The predicted molar refractivity (Wildman–Crippen MR) is 92.2 cm³/mol. The Balaban J connectivity index is 1.78. The van der Waals surface area contributed by atoms with Crippen molar-refractivity contribution in [1.82, 2.24) is 0 Å². The molecule has 24 heavy (non-hydrogen) atoms. The molecule has 0 spiro atoms. The van der Waals surface area contributed by atoms with Crippen LogP contribution in [0.5, 0.6) is 0 Å². The lowest BCUT2D eigenvalue weighted by molar-refractivity contribution is -0.122. The number of Topliss-reactive ketones (excluding diaryl/α,β-unsaturated/α-hetero) is 1. The van der Waals surface area contributed by atoms with Crippen molar-refractivity contribution in [3.63, 3.8) is 0 Å². The average Bonchev–Trinajstić information content (AvgIpc) is 2.88. The Morgan fingerprint density at radius 1 is 1.29 bits per heavy atom. The Morgan fingerprint density at radius 2 is 2.04 bits per heavy atom. The molecule has 3 heteroatoms. The fourth-order valence-corrected chi connectivity index (χ4v) is 6.08. The monoisotopic (exact) mass is 326 g/mol. The number of carbonyl (C=O) groups is 2. The topological polar surface area (TPSA) is 54.4 Å². The van der Waals surface area contributed by atoms with Crippen molar-refractivity contribution in [2.24, 2.45) is 28.6 Å². The van der Waals surface area contributed by atoms with Gasteiger partial charge in [-0.3, -0.25) is 9.59 Å². The molecule has 128 valence electrons. The molecule has 0 unspecified atom stereocenters. The molecule has 4 aliphatic rings. The minimum absolute atomic E-state index is 0.0331. The van der Waals surface area contributed by atoms with E-state index in [4.69, 9.17) is 0 Å². The van der Waals surface area contributed by atoms with Gasteiger partial charge in [0.1, 0.15) is 0 Å². The summed E-state index contributed by atoms with van der Waals surface area (Å²) < 4.78 is 0. The maximum atomic E-state index is 12.1. The molecule has 0 bridgehead atoms. The Labute approximate surface area is 143 Å². The van der Waals surface area contributed by atoms with E-state index in [1.165, 1.54) is 0 Å². The Hall–Kier alpha value is -1.48. The van der Waals surface area contributed by atoms with E-state index >= 15 is 0 Å². The fourth-order valence-electron chi connectivity index (χ4n) is 6.08. The Morgan fingerprint density at radius 3 is 2.75 bits per heavy atom. The van der Waals surface area contributed by atoms with Crippen LogP contribution in [0, 0.1) is 28.6 Å². The van der Waals surface area contributed by atoms with Crippen LogP contribution in [0.3, 0.4) is 0 Å². The van der Waals surface area contributed by atoms with Gasteiger partial charge in [-0.05, 0) is 66.6 Å². The number of hydrogen-bond acceptors (Lipinski definition) is 3. The summed E-state index contributed by atoms with van der Waals surface area (Å²) in [5.74, 6) is 1.29. The van der Waals surface area contributed by atoms with E-state index < -0.39 is 11.5 Å². The first kappa shape index (κ1) is 16.0. The minimum atomic E-state index is -0.497. The van der Waals surface area contributed by atoms with E-state index in [-0.39, 0.29) is 22.9 Å². The van der Waals surface area contributed by atoms with Crippen LogP contribution >= 0.6 is 0 Å². The van der Waals surface area contributed by atoms with Crippen LogP contribution < -0.4 is 0 Å². The largest absolute Gasteiger partial charge is 0.392 e. The second-order valence-electron chi connectivity index (χ2n) is 8.58. The zero-order valence-electron chi connectivity index (χ0n) is 14.7. The second kappa shape index (κ2) is 5.01. The zero-order valence-corrected chi connectivity index (χ0v) is 14.7. The molecule has 0 radical (unpaired) electrons. The van der Waals surface area contributed by atoms with Crippen LogP contribution in [0.25, 0.3) is 0 Å². The molecule has 0 heterocycles. The van der Waals surface area contributed by atoms with E-state index in [1.54, 1.807) is 6.92 Å². The van der Waals surface area contributed by atoms with Gasteiger partial charge >= 0.3 is 0 Å². The smallest absolute Gasteiger partial charge is 0.156 e. The lowest BCUT2D eigenvalue weighted by Crippen LogP contribution is -2.54. The number of hydrogen-bond donors (Lipinski definition) is 1. The molecule has 1 saturated carbocycles. The average molecular weight is 326 g/mol. The SMILES string of the molecule is CC(=O)C1=CC[C@H]2[C@@H]3C=CC4=CC(=O)CC[C@]4(C)[C@H]3C[C@@H](O)[C@]12C. The van der Waals surface area contributed by atoms with Gasteiger partial charge in [-0.15, -0.1) is 0 Å². The standard InChI is InChI=1S/C21H26O3/c1-12(22)16-6-7-17-15-5-4-13-10-14(23)8-9-20(13,2)18(15)11-19(24)21(16,17)3/h4-6,10,15,17-19,24H,7-9,11H2,1-3H3/t15-,17-,18-,19+,20-,21+/m0/s1. The van der Waals surface area contributed by atoms with Gasteiger partial charge in [0.15, 0.2) is 11.6 Å². The molecule has 1 fully saturated rings. The quantitative estimate of drug-likeness (QED) is 0.803. The van der Waals surface area contributed by atoms with Crippen LogP contribution in [0.4, 0.5) is 0 Å². The van der Waals surface area contributed by atoms with Crippen molar-refractivity contribution in [3.05, 3.63) is 35.5 Å². The number of rotatable bonds is 1. The summed E-state index contributed by atoms with van der Waals surface area (Å²) in [6.45, 7) is 5.95. The summed E-state index contributed by atoms with van der Waals surface area (Å²) in [5, 5.41) is 11.1. The third-order valence-electron chi connectivity index (χ3n) is 7.59. The van der Waals surface area contributed by atoms with E-state index in [2.05, 4.69) is 32.1 Å². The van der Waals surface area contributed by atoms with Crippen molar-refractivity contribution in [2.75, 3.05) is 0 Å². The maximum absolute atomic E-state index is 12.1. The number of allylic oxidation sites excluding steroid dienone is 5. The number of carbonyl (C=O) groups excluding carboxylic acids is 2. The molecule has 4 rings (SSSR count). The highest BCUT2D eigenvalue weighted by Gasteiger charge is 2.60. The summed E-state index contributed by atoms with van der Waals surface area (Å²) in [4.78, 5) is 23.9. The molecule has 0 amide bonds. The van der Waals surface area contributed by atoms with Crippen molar-refractivity contribution >= 4 is 11.6 Å². The van der Waals surface area contributed by atoms with Gasteiger partial charge in [0.2, 0.25) is 0 Å². The predicted octanol–water partition coefficient (Wildman–Crippen LogP) is 3.39. The number of aliphatic hydroxyl groups excluding tert-OH is 1. The molecule has 1 N–H and O–H groups in total. The van der Waals surface area contributed by atoms with Crippen LogP contribution in [0.1, 0.15) is 46.5 Å². The molecular weight excluding hydrogens is 300 g/mol. The van der Waals surface area contributed by atoms with Gasteiger partial charge in [0.05, 0.1) is 6.10 Å². The normalized spacial score (nSPS) is 46.6. The van der Waals surface area contributed by atoms with Gasteiger partial charge < -0.3 is 5.11 Å². The lowest BCUT2D eigenvalue weighted by atomic mass is 9.48. The zero-order chi connectivity index (χ0) is 17.3. The van der Waals surface area contributed by atoms with Gasteiger partial charge in [-0.25, -0.2) is 0 Å². The van der Waals surface area contributed by atoms with Gasteiger partial charge in [-0.2, -0.15) is 0 Å². The summed E-state index contributed by atoms with van der Waals surface area (Å²) in [7, 11) is 0. The van der Waals surface area contributed by atoms with Crippen LogP contribution in [-0.2, 0) is 9.59 Å². The second-order valence-corrected chi connectivity index (χ2v) is 8.58. The third kappa shape index (κ3) is 1.88. The summed E-state index contributed by atoms with van der Waals surface area (Å²) >= 11 is 0. The van der Waals surface area contributed by atoms with Crippen molar-refractivity contribution in [3.8, 4) is 0 Å². The van der Waals surface area contributed by atoms with Gasteiger partial charge in [0.25, 0.3) is 0 Å². The summed E-state index contributed by atoms with van der Waals surface area (Å²) in [6, 6.07) is 0. The molecular formula is C21H26O3. The first-order valence-corrected chi connectivity index (χ1v) is 9.11. The van der Waals surface area contributed by atoms with E-state index in [1.807, 2.05) is 6.08 Å². The number of aliphatic hydroxyl groups is 1. The number of ketones is 2. The molecule has 0 saturated heterocycles. The highest BCUT2D eigenvalue weighted by atomic mass is 16.3. The van der Waals surface area contributed by atoms with Crippen molar-refractivity contribution in [2.45, 2.75) is 52.6 Å². The molecule has 0 aromatic heterocycles. The van der Waals surface area contributed by atoms with E-state index in [9.17, 15) is 14.7 Å². The summed E-state index contributed by atoms with van der Waals surface area (Å²) in [6.07, 6.45) is 10.8. The first-order chi connectivity index (χ1) is 11.3. The molecule has 0 aromatic rings. The number of fused-ring (bicyclic) bond motifs is 5. The highest BCUT2D eigenvalue weighted by Crippen LogP contribution is 2.63. The Kier molecular flexibility index (Phi) is 3.34. The lowest BCUT2D eigenvalue weighted by Gasteiger charge is -2.57. The fraction of sp³-hybridized carbons (Fsp3) is 0.619. The Bertz CT molecular complexity index is 713. The van der Waals surface area contributed by atoms with Crippen LogP contribution in [0.15, 0.2) is 35.5 Å². The van der Waals surface area contributed by atoms with Gasteiger partial charge in [-0.1, -0.05) is 32.1 Å². The summed E-state index contributed by atoms with van der Waals surface area (Å²) in [5.41, 5.74) is 1.49. The van der Waals surface area contributed by atoms with Gasteiger partial charge in [0, 0.05) is 11.8 Å². The first-order valence-electron chi connectivity index (χ1n) is 9.11. The van der Waals surface area contributed by atoms with Crippen LogP contribution in [0.2, 0.25) is 0 Å². The molecule has 6 atom stereocenters. The van der Waals surface area contributed by atoms with E-state index in [0.717, 1.165) is 24.0 Å². The van der Waals surface area contributed by atoms with Crippen LogP contribution in [-0.4, -0.2) is 22.8 Å². The molecule has 0 aromatic carbocycles. The third-order valence-corrected chi connectivity index (χ3v) is 7.59. The van der Waals surface area contributed by atoms with Crippen molar-refractivity contribution in [1.29, 1.82) is 0 Å². The molecule has 4 aliphatic carbocycles. The molecule has 0 aliphatic heterocycles. The molecule has 3 nitrogen and oxygen atoms in total. The van der Waals surface area contributed by atoms with Crippen molar-refractivity contribution < 1.29 is 14.7 Å².